The van der Waals surface area contributed by atoms with Gasteiger partial charge < -0.3 is 20.6 Å². The van der Waals surface area contributed by atoms with Gasteiger partial charge in [0.25, 0.3) is 0 Å². The molecule has 0 bridgehead atoms. The highest BCUT2D eigenvalue weighted by Gasteiger charge is 2.14. The number of benzene rings is 1. The molecule has 1 aromatic carbocycles. The molecule has 6 nitrogen and oxygen atoms in total. The number of carbonyl (C=O) groups is 2. The third-order valence-electron chi connectivity index (χ3n) is 2.05. The molecule has 0 fully saturated rings. The maximum absolute atomic E-state index is 11.4. The van der Waals surface area contributed by atoms with Crippen molar-refractivity contribution in [1.82, 2.24) is 5.32 Å². The summed E-state index contributed by atoms with van der Waals surface area (Å²) in [5.74, 6) is -1.75. The Kier molecular flexibility index (Phi) is 4.47. The quantitative estimate of drug-likeness (QED) is 0.554. The van der Waals surface area contributed by atoms with E-state index in [1.165, 1.54) is 12.1 Å². The molecule has 0 unspecified atom stereocenters. The van der Waals surface area contributed by atoms with Crippen molar-refractivity contribution in [2.75, 3.05) is 6.54 Å². The van der Waals surface area contributed by atoms with E-state index in [1.54, 1.807) is 12.1 Å². The molecule has 6 heteroatoms. The monoisotopic (exact) mass is 239 g/mol. The number of phenols is 1. The third kappa shape index (κ3) is 4.52. The van der Waals surface area contributed by atoms with Gasteiger partial charge in [0.15, 0.2) is 6.10 Å². The Hall–Kier alpha value is -2.08. The maximum Gasteiger partial charge on any atom is 0.334 e. The lowest BCUT2D eigenvalue weighted by Crippen LogP contribution is -2.37. The number of amides is 1. The van der Waals surface area contributed by atoms with Crippen LogP contribution in [0.2, 0.25) is 0 Å². The number of nitrogens with one attached hydrogen (secondary N) is 1. The van der Waals surface area contributed by atoms with Gasteiger partial charge in [0, 0.05) is 0 Å². The van der Waals surface area contributed by atoms with Crippen molar-refractivity contribution >= 4 is 11.9 Å². The second-order valence-electron chi connectivity index (χ2n) is 3.50. The van der Waals surface area contributed by atoms with Crippen LogP contribution in [0, 0.1) is 0 Å². The SMILES string of the molecule is O=C(Cc1cccc(O)c1)NC[C@H](O)C(=O)O. The van der Waals surface area contributed by atoms with E-state index in [0.717, 1.165) is 0 Å². The normalized spacial score (nSPS) is 11.8. The number of phenolic OH excluding ortho intramolecular Hbond substituents is 1. The molecule has 0 saturated carbocycles. The van der Waals surface area contributed by atoms with E-state index in [2.05, 4.69) is 5.32 Å². The van der Waals surface area contributed by atoms with Gasteiger partial charge in [-0.2, -0.15) is 0 Å². The summed E-state index contributed by atoms with van der Waals surface area (Å²) in [5, 5.41) is 28.8. The lowest BCUT2D eigenvalue weighted by molar-refractivity contribution is -0.146. The van der Waals surface area contributed by atoms with Crippen LogP contribution in [0.4, 0.5) is 0 Å². The van der Waals surface area contributed by atoms with Gasteiger partial charge in [-0.25, -0.2) is 4.79 Å². The van der Waals surface area contributed by atoms with Crippen LogP contribution in [0.1, 0.15) is 5.56 Å². The molecule has 17 heavy (non-hydrogen) atoms. The summed E-state index contributed by atoms with van der Waals surface area (Å²) in [4.78, 5) is 21.6. The number of aromatic hydroxyl groups is 1. The van der Waals surface area contributed by atoms with Gasteiger partial charge in [-0.15, -0.1) is 0 Å². The topological polar surface area (TPSA) is 107 Å². The number of carboxylic acids is 1. The van der Waals surface area contributed by atoms with Crippen molar-refractivity contribution in [3.05, 3.63) is 29.8 Å². The van der Waals surface area contributed by atoms with Crippen molar-refractivity contribution in [2.24, 2.45) is 0 Å². The molecule has 0 heterocycles. The summed E-state index contributed by atoms with van der Waals surface area (Å²) in [6.07, 6.45) is -1.59. The number of aliphatic hydroxyl groups is 1. The van der Waals surface area contributed by atoms with E-state index < -0.39 is 18.0 Å². The minimum absolute atomic E-state index is 0.0146. The Morgan fingerprint density at radius 3 is 2.65 bits per heavy atom. The third-order valence-corrected chi connectivity index (χ3v) is 2.05. The standard InChI is InChI=1S/C11H13NO5/c13-8-3-1-2-7(4-8)5-10(15)12-6-9(14)11(16)17/h1-4,9,13-14H,5-6H2,(H,12,15)(H,16,17)/t9-/m0/s1. The Morgan fingerprint density at radius 1 is 1.35 bits per heavy atom. The van der Waals surface area contributed by atoms with Crippen molar-refractivity contribution < 1.29 is 24.9 Å². The van der Waals surface area contributed by atoms with Gasteiger partial charge in [0.2, 0.25) is 5.91 Å². The second kappa shape index (κ2) is 5.86. The molecule has 92 valence electrons. The Morgan fingerprint density at radius 2 is 2.06 bits per heavy atom. The molecule has 0 spiro atoms. The molecule has 0 aliphatic rings. The first-order valence-electron chi connectivity index (χ1n) is 4.94. The molecular weight excluding hydrogens is 226 g/mol. The highest BCUT2D eigenvalue weighted by Crippen LogP contribution is 2.11. The predicted octanol–water partition coefficient (Wildman–Crippen LogP) is -0.504. The van der Waals surface area contributed by atoms with Gasteiger partial charge in [0.1, 0.15) is 5.75 Å². The molecule has 1 aromatic rings. The number of rotatable bonds is 5. The minimum Gasteiger partial charge on any atom is -0.508 e. The molecule has 1 rings (SSSR count). The fourth-order valence-corrected chi connectivity index (χ4v) is 1.21. The molecule has 0 radical (unpaired) electrons. The Balaban J connectivity index is 2.42. The average molecular weight is 239 g/mol. The van der Waals surface area contributed by atoms with Crippen LogP contribution in [0.25, 0.3) is 0 Å². The van der Waals surface area contributed by atoms with Crippen LogP contribution in [0.3, 0.4) is 0 Å². The summed E-state index contributed by atoms with van der Waals surface area (Å²) >= 11 is 0. The minimum atomic E-state index is -1.61. The van der Waals surface area contributed by atoms with Crippen molar-refractivity contribution in [3.63, 3.8) is 0 Å². The van der Waals surface area contributed by atoms with Crippen LogP contribution in [-0.2, 0) is 16.0 Å². The fraction of sp³-hybridized carbons (Fsp3) is 0.273. The zero-order valence-corrected chi connectivity index (χ0v) is 8.96. The number of aliphatic carboxylic acids is 1. The van der Waals surface area contributed by atoms with Crippen LogP contribution in [0.15, 0.2) is 24.3 Å². The summed E-state index contributed by atoms with van der Waals surface area (Å²) in [7, 11) is 0. The highest BCUT2D eigenvalue weighted by atomic mass is 16.4. The molecule has 4 N–H and O–H groups in total. The molecule has 0 saturated heterocycles. The zero-order valence-electron chi connectivity index (χ0n) is 8.96. The van der Waals surface area contributed by atoms with Crippen molar-refractivity contribution in [2.45, 2.75) is 12.5 Å². The molecule has 1 atom stereocenters. The van der Waals surface area contributed by atoms with Crippen LogP contribution in [0.5, 0.6) is 5.75 Å². The lowest BCUT2D eigenvalue weighted by Gasteiger charge is -2.07. The summed E-state index contributed by atoms with van der Waals surface area (Å²) in [6, 6.07) is 6.18. The largest absolute Gasteiger partial charge is 0.508 e. The van der Waals surface area contributed by atoms with Crippen LogP contribution in [-0.4, -0.2) is 39.8 Å². The molecule has 1 amide bonds. The second-order valence-corrected chi connectivity index (χ2v) is 3.50. The maximum atomic E-state index is 11.4. The highest BCUT2D eigenvalue weighted by molar-refractivity contribution is 5.80. The van der Waals surface area contributed by atoms with E-state index in [4.69, 9.17) is 15.3 Å². The molecular formula is C11H13NO5. The van der Waals surface area contributed by atoms with Gasteiger partial charge in [0.05, 0.1) is 13.0 Å². The summed E-state index contributed by atoms with van der Waals surface area (Å²) in [6.45, 7) is -0.340. The van der Waals surface area contributed by atoms with Gasteiger partial charge in [-0.05, 0) is 17.7 Å². The smallest absolute Gasteiger partial charge is 0.334 e. The number of aliphatic hydroxyl groups excluding tert-OH is 1. The summed E-state index contributed by atoms with van der Waals surface area (Å²) < 4.78 is 0. The number of carbonyl (C=O) groups excluding carboxylic acids is 1. The predicted molar refractivity (Wildman–Crippen MR) is 58.5 cm³/mol. The van der Waals surface area contributed by atoms with Crippen molar-refractivity contribution in [1.29, 1.82) is 0 Å². The van der Waals surface area contributed by atoms with E-state index in [9.17, 15) is 9.59 Å². The Labute approximate surface area is 97.5 Å². The van der Waals surface area contributed by atoms with E-state index in [-0.39, 0.29) is 18.7 Å². The lowest BCUT2D eigenvalue weighted by atomic mass is 10.1. The molecule has 0 aromatic heterocycles. The van der Waals surface area contributed by atoms with Gasteiger partial charge >= 0.3 is 5.97 Å². The van der Waals surface area contributed by atoms with E-state index in [1.807, 2.05) is 0 Å². The average Bonchev–Trinajstić information content (AvgIpc) is 2.25. The summed E-state index contributed by atoms with van der Waals surface area (Å²) in [5.41, 5.74) is 0.604. The van der Waals surface area contributed by atoms with Gasteiger partial charge in [-0.1, -0.05) is 12.1 Å². The molecule has 0 aliphatic carbocycles. The van der Waals surface area contributed by atoms with E-state index in [0.29, 0.717) is 5.56 Å². The molecule has 0 aliphatic heterocycles. The number of carboxylic acid groups (broad SMARTS) is 1. The zero-order chi connectivity index (χ0) is 12.8. The van der Waals surface area contributed by atoms with Crippen LogP contribution < -0.4 is 5.32 Å². The van der Waals surface area contributed by atoms with Crippen molar-refractivity contribution in [3.8, 4) is 5.75 Å². The Bertz CT molecular complexity index is 418. The number of hydrogen-bond acceptors (Lipinski definition) is 4. The first-order valence-corrected chi connectivity index (χ1v) is 4.94. The van der Waals surface area contributed by atoms with Gasteiger partial charge in [-0.3, -0.25) is 4.79 Å². The first-order chi connectivity index (χ1) is 7.99. The van der Waals surface area contributed by atoms with E-state index >= 15 is 0 Å². The van der Waals surface area contributed by atoms with Crippen LogP contribution >= 0.6 is 0 Å². The fourth-order valence-electron chi connectivity index (χ4n) is 1.21. The number of hydrogen-bond donors (Lipinski definition) is 4. The first kappa shape index (κ1) is 13.0.